The normalized spacial score (nSPS) is 12.6. The lowest BCUT2D eigenvalue weighted by molar-refractivity contribution is -0.137. The summed E-state index contributed by atoms with van der Waals surface area (Å²) in [6.07, 6.45) is 5.38. The Morgan fingerprint density at radius 2 is 1.29 bits per heavy atom. The van der Waals surface area contributed by atoms with Crippen LogP contribution >= 0.6 is 0 Å². The molecule has 21 heteroatoms. The van der Waals surface area contributed by atoms with Gasteiger partial charge in [-0.3, -0.25) is 28.9 Å². The molecule has 0 aliphatic carbocycles. The van der Waals surface area contributed by atoms with Gasteiger partial charge in [-0.25, -0.2) is 9.78 Å². The number of urea groups is 1. The molecule has 0 bridgehead atoms. The first-order chi connectivity index (χ1) is 30.1. The van der Waals surface area contributed by atoms with E-state index < -0.39 is 23.8 Å². The summed E-state index contributed by atoms with van der Waals surface area (Å²) in [7, 11) is 0. The maximum Gasteiger partial charge on any atom is 0.318 e. The lowest BCUT2D eigenvalue weighted by atomic mass is 10.1. The summed E-state index contributed by atoms with van der Waals surface area (Å²) < 4.78 is 32.7. The molecule has 2 heterocycles. The molecule has 1 atom stereocenters. The van der Waals surface area contributed by atoms with Gasteiger partial charge in [0.15, 0.2) is 0 Å². The van der Waals surface area contributed by atoms with E-state index in [1.165, 1.54) is 18.3 Å². The van der Waals surface area contributed by atoms with Crippen LogP contribution in [0.5, 0.6) is 6.01 Å². The second-order valence-electron chi connectivity index (χ2n) is 13.6. The Bertz CT molecular complexity index is 1680. The molecule has 21 nitrogen and oxygen atoms in total. The van der Waals surface area contributed by atoms with Crippen LogP contribution in [0.3, 0.4) is 0 Å². The highest BCUT2D eigenvalue weighted by molar-refractivity contribution is 6.12. The third-order valence-corrected chi connectivity index (χ3v) is 8.69. The zero-order valence-electron chi connectivity index (χ0n) is 35.4. The molecule has 342 valence electrons. The Hall–Kier alpha value is -5.74. The van der Waals surface area contributed by atoms with Gasteiger partial charge in [0, 0.05) is 64.1 Å². The number of carbonyl (C=O) groups is 6. The molecule has 1 aliphatic rings. The molecular weight excluding hydrogens is 811 g/mol. The molecule has 1 aromatic carbocycles. The Balaban J connectivity index is 1.20. The fourth-order valence-electron chi connectivity index (χ4n) is 5.46. The summed E-state index contributed by atoms with van der Waals surface area (Å²) >= 11 is 0. The Morgan fingerprint density at radius 3 is 1.94 bits per heavy atom. The van der Waals surface area contributed by atoms with Crippen molar-refractivity contribution < 1.29 is 57.2 Å². The van der Waals surface area contributed by atoms with Gasteiger partial charge < -0.3 is 60.7 Å². The van der Waals surface area contributed by atoms with E-state index in [0.29, 0.717) is 77.8 Å². The van der Waals surface area contributed by atoms with Crippen molar-refractivity contribution in [2.45, 2.75) is 58.2 Å². The predicted octanol–water partition coefficient (Wildman–Crippen LogP) is 0.133. The standard InChI is InChI=1S/C41H61N9O12/c1-2-57-22-23-58-19-15-43-36(52)28-33(48-35(51)6-4-3-5-18-50-37(53)11-12-38(50)54)39(55)44-16-20-59-24-26-61-27-25-60-21-17-45-40(56)47-29-31-7-9-32(10-8-31)30-62-41-46-14-13-34(42)49-41/h7-14,33H,2-6,15-30H2,1H3,(H,43,52)(H,44,55)(H,48,51)(H2,42,46,49)(H2,45,47,56). The molecule has 1 aliphatic heterocycles. The maximum absolute atomic E-state index is 13.0. The molecule has 1 unspecified atom stereocenters. The average Bonchev–Trinajstić information content (AvgIpc) is 3.58. The highest BCUT2D eigenvalue weighted by Crippen LogP contribution is 2.10. The predicted molar refractivity (Wildman–Crippen MR) is 224 cm³/mol. The molecule has 7 amide bonds. The van der Waals surface area contributed by atoms with E-state index in [4.69, 9.17) is 34.2 Å². The molecule has 0 radical (unpaired) electrons. The SMILES string of the molecule is CCOCCOCCNC(=O)CC(NC(=O)CCCCCN1C(=O)C=CC1=O)C(=O)NCCOCCOCCOCCNC(=O)NCc1ccc(COc2nccc(N)n2)cc1. The molecule has 1 aromatic heterocycles. The summed E-state index contributed by atoms with van der Waals surface area (Å²) in [5, 5.41) is 13.6. The number of carbonyl (C=O) groups excluding carboxylic acids is 6. The fraction of sp³-hybridized carbons (Fsp3) is 0.561. The van der Waals surface area contributed by atoms with Crippen molar-refractivity contribution >= 4 is 41.4 Å². The number of imide groups is 1. The van der Waals surface area contributed by atoms with Gasteiger partial charge in [-0.1, -0.05) is 30.7 Å². The zero-order valence-corrected chi connectivity index (χ0v) is 35.4. The van der Waals surface area contributed by atoms with E-state index in [-0.39, 0.29) is 89.4 Å². The number of anilines is 1. The number of ether oxygens (including phenoxy) is 6. The van der Waals surface area contributed by atoms with Gasteiger partial charge in [0.2, 0.25) is 17.7 Å². The minimum absolute atomic E-state index is 0.0979. The Kier molecular flexibility index (Phi) is 25.4. The molecule has 0 saturated carbocycles. The molecule has 62 heavy (non-hydrogen) atoms. The van der Waals surface area contributed by atoms with E-state index in [1.807, 2.05) is 31.2 Å². The molecule has 0 saturated heterocycles. The first-order valence-corrected chi connectivity index (χ1v) is 20.7. The van der Waals surface area contributed by atoms with Crippen LogP contribution < -0.4 is 37.1 Å². The van der Waals surface area contributed by atoms with Crippen molar-refractivity contribution in [1.29, 1.82) is 0 Å². The third kappa shape index (κ3) is 22.7. The van der Waals surface area contributed by atoms with Crippen molar-refractivity contribution in [3.63, 3.8) is 0 Å². The second kappa shape index (κ2) is 31.2. The highest BCUT2D eigenvalue weighted by atomic mass is 16.5. The molecule has 0 fully saturated rings. The monoisotopic (exact) mass is 871 g/mol. The van der Waals surface area contributed by atoms with E-state index in [9.17, 15) is 28.8 Å². The van der Waals surface area contributed by atoms with Crippen molar-refractivity contribution in [2.24, 2.45) is 0 Å². The zero-order chi connectivity index (χ0) is 44.6. The number of nitrogen functional groups attached to an aromatic ring is 1. The van der Waals surface area contributed by atoms with Gasteiger partial charge in [0.25, 0.3) is 11.8 Å². The quantitative estimate of drug-likeness (QED) is 0.0403. The van der Waals surface area contributed by atoms with Crippen LogP contribution in [0.1, 0.15) is 50.2 Å². The topological polar surface area (TPSA) is 273 Å². The molecule has 7 N–H and O–H groups in total. The van der Waals surface area contributed by atoms with Gasteiger partial charge in [-0.05, 0) is 37.0 Å². The van der Waals surface area contributed by atoms with Gasteiger partial charge in [0.1, 0.15) is 18.5 Å². The second-order valence-corrected chi connectivity index (χ2v) is 13.6. The number of hydrogen-bond acceptors (Lipinski definition) is 15. The van der Waals surface area contributed by atoms with Crippen molar-refractivity contribution in [1.82, 2.24) is 41.5 Å². The van der Waals surface area contributed by atoms with Gasteiger partial charge in [0.05, 0.1) is 65.9 Å². The molecule has 2 aromatic rings. The summed E-state index contributed by atoms with van der Waals surface area (Å²) in [5.41, 5.74) is 7.46. The molecule has 3 rings (SSSR count). The summed E-state index contributed by atoms with van der Waals surface area (Å²) in [5.74, 6) is -1.75. The van der Waals surface area contributed by atoms with E-state index in [0.717, 1.165) is 16.0 Å². The van der Waals surface area contributed by atoms with Crippen molar-refractivity contribution in [3.05, 3.63) is 59.8 Å². The van der Waals surface area contributed by atoms with Gasteiger partial charge >= 0.3 is 12.0 Å². The molecule has 0 spiro atoms. The number of aromatic nitrogens is 2. The van der Waals surface area contributed by atoms with Gasteiger partial charge in [-0.2, -0.15) is 4.98 Å². The van der Waals surface area contributed by atoms with Crippen LogP contribution in [-0.2, 0) is 60.8 Å². The van der Waals surface area contributed by atoms with E-state index in [2.05, 4.69) is 36.6 Å². The smallest absolute Gasteiger partial charge is 0.318 e. The number of benzene rings is 1. The number of unbranched alkanes of at least 4 members (excludes halogenated alkanes) is 2. The average molecular weight is 872 g/mol. The van der Waals surface area contributed by atoms with Crippen molar-refractivity contribution in [2.75, 3.05) is 98.0 Å². The number of rotatable bonds is 34. The summed E-state index contributed by atoms with van der Waals surface area (Å²) in [6, 6.07) is 7.90. The number of nitrogens with two attached hydrogens (primary N) is 1. The Labute approximate surface area is 361 Å². The van der Waals surface area contributed by atoms with Crippen molar-refractivity contribution in [3.8, 4) is 6.01 Å². The van der Waals surface area contributed by atoms with Crippen LogP contribution in [0.25, 0.3) is 0 Å². The maximum atomic E-state index is 13.0. The lowest BCUT2D eigenvalue weighted by Crippen LogP contribution is -2.49. The number of nitrogens with zero attached hydrogens (tertiary/aromatic N) is 3. The molecular formula is C41H61N9O12. The largest absolute Gasteiger partial charge is 0.459 e. The summed E-state index contributed by atoms with van der Waals surface area (Å²) in [6.45, 7) is 6.78. The number of hydrogen-bond donors (Lipinski definition) is 6. The van der Waals surface area contributed by atoms with Crippen LogP contribution in [0, 0.1) is 0 Å². The lowest BCUT2D eigenvalue weighted by Gasteiger charge is -2.19. The third-order valence-electron chi connectivity index (χ3n) is 8.69. The first-order valence-electron chi connectivity index (χ1n) is 20.7. The first kappa shape index (κ1) is 50.6. The van der Waals surface area contributed by atoms with E-state index in [1.54, 1.807) is 6.07 Å². The van der Waals surface area contributed by atoms with E-state index >= 15 is 0 Å². The Morgan fingerprint density at radius 1 is 0.694 bits per heavy atom. The van der Waals surface area contributed by atoms with Crippen LogP contribution in [-0.4, -0.2) is 149 Å². The van der Waals surface area contributed by atoms with Crippen LogP contribution in [0.2, 0.25) is 0 Å². The summed E-state index contributed by atoms with van der Waals surface area (Å²) in [4.78, 5) is 83.0. The fourth-order valence-corrected chi connectivity index (χ4v) is 5.46. The minimum atomic E-state index is -1.12. The highest BCUT2D eigenvalue weighted by Gasteiger charge is 2.24. The van der Waals surface area contributed by atoms with Gasteiger partial charge in [-0.15, -0.1) is 0 Å². The number of nitrogens with one attached hydrogen (secondary N) is 5. The van der Waals surface area contributed by atoms with Crippen LogP contribution in [0.15, 0.2) is 48.7 Å². The minimum Gasteiger partial charge on any atom is -0.459 e. The number of amides is 7. The van der Waals surface area contributed by atoms with Crippen LogP contribution in [0.4, 0.5) is 10.6 Å².